The molecule has 0 heteroatoms. The molecule has 0 heterocycles. The third-order valence-corrected chi connectivity index (χ3v) is 3.50. The van der Waals surface area contributed by atoms with Crippen molar-refractivity contribution in [2.24, 2.45) is 0 Å². The molecule has 2 aromatic rings. The molecule has 0 saturated heterocycles. The highest BCUT2D eigenvalue weighted by atomic mass is 14.2. The van der Waals surface area contributed by atoms with E-state index in [1.165, 1.54) is 33.4 Å². The maximum absolute atomic E-state index is 2.29. The van der Waals surface area contributed by atoms with Gasteiger partial charge in [0.1, 0.15) is 0 Å². The summed E-state index contributed by atoms with van der Waals surface area (Å²) < 4.78 is 0. The average molecular weight is 220 g/mol. The molecule has 0 N–H and O–H groups in total. The Morgan fingerprint density at radius 1 is 0.941 bits per heavy atom. The maximum Gasteiger partial charge on any atom is -0.00879 e. The molecule has 0 aromatic heterocycles. The maximum atomic E-state index is 2.29. The van der Waals surface area contributed by atoms with Gasteiger partial charge in [0, 0.05) is 0 Å². The molecule has 0 unspecified atom stereocenters. The first kappa shape index (κ1) is 10.3. The summed E-state index contributed by atoms with van der Waals surface area (Å²) >= 11 is 0. The Bertz CT molecular complexity index is 603. The summed E-state index contributed by atoms with van der Waals surface area (Å²) in [5, 5.41) is 0. The highest BCUT2D eigenvalue weighted by Gasteiger charge is 2.12. The summed E-state index contributed by atoms with van der Waals surface area (Å²) in [6, 6.07) is 13.3. The molecular formula is C17H16. The molecule has 1 aliphatic carbocycles. The van der Waals surface area contributed by atoms with Crippen molar-refractivity contribution in [3.05, 3.63) is 64.7 Å². The van der Waals surface area contributed by atoms with Crippen molar-refractivity contribution >= 4 is 6.08 Å². The predicted molar refractivity (Wildman–Crippen MR) is 74.1 cm³/mol. The van der Waals surface area contributed by atoms with Crippen LogP contribution in [0.2, 0.25) is 0 Å². The molecule has 0 saturated carbocycles. The van der Waals surface area contributed by atoms with Crippen LogP contribution in [0.1, 0.15) is 22.3 Å². The lowest BCUT2D eigenvalue weighted by Crippen LogP contribution is -1.90. The molecule has 0 atom stereocenters. The fourth-order valence-corrected chi connectivity index (χ4v) is 2.55. The summed E-state index contributed by atoms with van der Waals surface area (Å²) in [4.78, 5) is 0. The summed E-state index contributed by atoms with van der Waals surface area (Å²) in [6.45, 7) is 4.34. The molecule has 0 amide bonds. The lowest BCUT2D eigenvalue weighted by molar-refractivity contribution is 1.30. The number of rotatable bonds is 1. The summed E-state index contributed by atoms with van der Waals surface area (Å²) in [5.41, 5.74) is 8.27. The van der Waals surface area contributed by atoms with Crippen LogP contribution in [0.3, 0.4) is 0 Å². The second-order valence-corrected chi connectivity index (χ2v) is 4.80. The molecule has 0 bridgehead atoms. The second kappa shape index (κ2) is 3.89. The molecule has 1 aliphatic rings. The fourth-order valence-electron chi connectivity index (χ4n) is 2.55. The van der Waals surface area contributed by atoms with E-state index in [0.29, 0.717) is 0 Å². The van der Waals surface area contributed by atoms with Gasteiger partial charge in [-0.1, -0.05) is 54.1 Å². The monoisotopic (exact) mass is 220 g/mol. The van der Waals surface area contributed by atoms with Crippen LogP contribution in [-0.4, -0.2) is 0 Å². The van der Waals surface area contributed by atoms with Gasteiger partial charge >= 0.3 is 0 Å². The normalized spacial score (nSPS) is 12.8. The van der Waals surface area contributed by atoms with E-state index in [0.717, 1.165) is 6.42 Å². The average Bonchev–Trinajstić information content (AvgIpc) is 2.80. The smallest absolute Gasteiger partial charge is 0.00879 e. The van der Waals surface area contributed by atoms with E-state index in [1.54, 1.807) is 0 Å². The zero-order chi connectivity index (χ0) is 11.8. The Morgan fingerprint density at radius 2 is 1.82 bits per heavy atom. The van der Waals surface area contributed by atoms with Gasteiger partial charge in [-0.15, -0.1) is 0 Å². The van der Waals surface area contributed by atoms with E-state index in [-0.39, 0.29) is 0 Å². The molecule has 0 nitrogen and oxygen atoms in total. The van der Waals surface area contributed by atoms with Crippen LogP contribution < -0.4 is 0 Å². The van der Waals surface area contributed by atoms with E-state index in [1.807, 2.05) is 0 Å². The molecule has 3 rings (SSSR count). The standard InChI is InChI=1S/C17H16/c1-12-9-10-13(2)17(11-12)16-8-4-6-14-5-3-7-15(14)16/h3-4,6-11H,5H2,1-2H3. The molecule has 0 spiro atoms. The summed E-state index contributed by atoms with van der Waals surface area (Å²) in [5.74, 6) is 0. The van der Waals surface area contributed by atoms with Crippen molar-refractivity contribution in [3.8, 4) is 11.1 Å². The Balaban J connectivity index is 2.25. The number of benzene rings is 2. The lowest BCUT2D eigenvalue weighted by atomic mass is 9.93. The number of hydrogen-bond acceptors (Lipinski definition) is 0. The third-order valence-electron chi connectivity index (χ3n) is 3.50. The van der Waals surface area contributed by atoms with Crippen molar-refractivity contribution in [2.45, 2.75) is 20.3 Å². The van der Waals surface area contributed by atoms with Gasteiger partial charge in [0.05, 0.1) is 0 Å². The van der Waals surface area contributed by atoms with Crippen LogP contribution in [0.25, 0.3) is 17.2 Å². The molecule has 0 fully saturated rings. The van der Waals surface area contributed by atoms with Gasteiger partial charge in [-0.25, -0.2) is 0 Å². The highest BCUT2D eigenvalue weighted by Crippen LogP contribution is 2.33. The first-order valence-electron chi connectivity index (χ1n) is 6.12. The minimum atomic E-state index is 1.08. The van der Waals surface area contributed by atoms with Gasteiger partial charge in [0.15, 0.2) is 0 Å². The Labute approximate surface area is 103 Å². The largest absolute Gasteiger partial charge is 0.0795 e. The Morgan fingerprint density at radius 3 is 2.71 bits per heavy atom. The second-order valence-electron chi connectivity index (χ2n) is 4.80. The van der Waals surface area contributed by atoms with Gasteiger partial charge in [-0.05, 0) is 48.1 Å². The van der Waals surface area contributed by atoms with Gasteiger partial charge in [0.25, 0.3) is 0 Å². The third kappa shape index (κ3) is 1.70. The first-order valence-corrected chi connectivity index (χ1v) is 6.12. The van der Waals surface area contributed by atoms with Crippen LogP contribution in [-0.2, 0) is 6.42 Å². The van der Waals surface area contributed by atoms with Gasteiger partial charge in [-0.2, -0.15) is 0 Å². The van der Waals surface area contributed by atoms with Crippen molar-refractivity contribution in [1.82, 2.24) is 0 Å². The molecule has 0 aliphatic heterocycles. The summed E-state index contributed by atoms with van der Waals surface area (Å²) in [6.07, 6.45) is 5.58. The molecule has 2 aromatic carbocycles. The van der Waals surface area contributed by atoms with Crippen LogP contribution in [0.15, 0.2) is 42.5 Å². The molecular weight excluding hydrogens is 204 g/mol. The minimum Gasteiger partial charge on any atom is -0.0795 e. The predicted octanol–water partition coefficient (Wildman–Crippen LogP) is 4.54. The zero-order valence-corrected chi connectivity index (χ0v) is 10.3. The van der Waals surface area contributed by atoms with Crippen LogP contribution in [0.5, 0.6) is 0 Å². The Hall–Kier alpha value is -1.82. The van der Waals surface area contributed by atoms with Crippen molar-refractivity contribution in [3.63, 3.8) is 0 Å². The van der Waals surface area contributed by atoms with Crippen LogP contribution in [0, 0.1) is 13.8 Å². The Kier molecular flexibility index (Phi) is 2.36. The van der Waals surface area contributed by atoms with Crippen molar-refractivity contribution in [1.29, 1.82) is 0 Å². The van der Waals surface area contributed by atoms with E-state index in [4.69, 9.17) is 0 Å². The van der Waals surface area contributed by atoms with Gasteiger partial charge in [-0.3, -0.25) is 0 Å². The first-order chi connectivity index (χ1) is 8.25. The van der Waals surface area contributed by atoms with Crippen LogP contribution in [0.4, 0.5) is 0 Å². The molecule has 0 radical (unpaired) electrons. The van der Waals surface area contributed by atoms with E-state index in [2.05, 4.69) is 62.4 Å². The molecule has 84 valence electrons. The molecule has 17 heavy (non-hydrogen) atoms. The quantitative estimate of drug-likeness (QED) is 0.662. The van der Waals surface area contributed by atoms with Gasteiger partial charge < -0.3 is 0 Å². The highest BCUT2D eigenvalue weighted by molar-refractivity contribution is 5.81. The van der Waals surface area contributed by atoms with Crippen molar-refractivity contribution < 1.29 is 0 Å². The fraction of sp³-hybridized carbons (Fsp3) is 0.176. The summed E-state index contributed by atoms with van der Waals surface area (Å²) in [7, 11) is 0. The zero-order valence-electron chi connectivity index (χ0n) is 10.3. The van der Waals surface area contributed by atoms with Crippen LogP contribution >= 0.6 is 0 Å². The number of fused-ring (bicyclic) bond motifs is 1. The lowest BCUT2D eigenvalue weighted by Gasteiger charge is -2.11. The van der Waals surface area contributed by atoms with Crippen molar-refractivity contribution in [2.75, 3.05) is 0 Å². The minimum absolute atomic E-state index is 1.08. The SMILES string of the molecule is Cc1ccc(C)c(-c2cccc3c2C=CC3)c1. The van der Waals surface area contributed by atoms with E-state index in [9.17, 15) is 0 Å². The topological polar surface area (TPSA) is 0 Å². The van der Waals surface area contributed by atoms with Gasteiger partial charge in [0.2, 0.25) is 0 Å². The number of aryl methyl sites for hydroxylation is 2. The number of hydrogen-bond donors (Lipinski definition) is 0. The number of allylic oxidation sites excluding steroid dienone is 1. The van der Waals surface area contributed by atoms with E-state index >= 15 is 0 Å². The van der Waals surface area contributed by atoms with E-state index < -0.39 is 0 Å².